The third-order valence-corrected chi connectivity index (χ3v) is 3.03. The van der Waals surface area contributed by atoms with Gasteiger partial charge in [-0.3, -0.25) is 9.48 Å². The van der Waals surface area contributed by atoms with Crippen LogP contribution >= 0.6 is 0 Å². The highest BCUT2D eigenvalue weighted by Gasteiger charge is 2.24. The van der Waals surface area contributed by atoms with Crippen LogP contribution in [0.25, 0.3) is 0 Å². The SMILES string of the molecule is Cc1nn(C2COC2)c(C)c1CCC(=O)O. The zero-order valence-corrected chi connectivity index (χ0v) is 9.56. The quantitative estimate of drug-likeness (QED) is 0.831. The second-order valence-electron chi connectivity index (χ2n) is 4.18. The number of ether oxygens (including phenoxy) is 1. The van der Waals surface area contributed by atoms with Gasteiger partial charge in [0.25, 0.3) is 0 Å². The van der Waals surface area contributed by atoms with Gasteiger partial charge in [0.05, 0.1) is 24.9 Å². The zero-order valence-electron chi connectivity index (χ0n) is 9.56. The Labute approximate surface area is 94.0 Å². The fraction of sp³-hybridized carbons (Fsp3) is 0.636. The Hall–Kier alpha value is -1.36. The smallest absolute Gasteiger partial charge is 0.303 e. The predicted molar refractivity (Wildman–Crippen MR) is 57.5 cm³/mol. The first kappa shape index (κ1) is 11.1. The van der Waals surface area contributed by atoms with Gasteiger partial charge >= 0.3 is 5.97 Å². The van der Waals surface area contributed by atoms with Crippen LogP contribution in [0.15, 0.2) is 0 Å². The number of aliphatic carboxylic acids is 1. The molecular weight excluding hydrogens is 208 g/mol. The topological polar surface area (TPSA) is 64.4 Å². The first-order chi connectivity index (χ1) is 7.59. The van der Waals surface area contributed by atoms with Crippen LogP contribution in [0.4, 0.5) is 0 Å². The highest BCUT2D eigenvalue weighted by molar-refractivity contribution is 5.67. The Morgan fingerprint density at radius 2 is 2.25 bits per heavy atom. The summed E-state index contributed by atoms with van der Waals surface area (Å²) in [5.74, 6) is -0.765. The second kappa shape index (κ2) is 4.25. The Bertz CT molecular complexity index is 408. The molecule has 2 heterocycles. The van der Waals surface area contributed by atoms with Gasteiger partial charge in [0.15, 0.2) is 0 Å². The van der Waals surface area contributed by atoms with Gasteiger partial charge in [0.1, 0.15) is 0 Å². The van der Waals surface area contributed by atoms with Crippen LogP contribution in [0, 0.1) is 13.8 Å². The number of aromatic nitrogens is 2. The molecule has 88 valence electrons. The molecule has 0 saturated carbocycles. The van der Waals surface area contributed by atoms with E-state index in [9.17, 15) is 4.79 Å². The van der Waals surface area contributed by atoms with E-state index < -0.39 is 5.97 Å². The van der Waals surface area contributed by atoms with Crippen LogP contribution in [0.3, 0.4) is 0 Å². The van der Waals surface area contributed by atoms with Gasteiger partial charge in [0, 0.05) is 12.1 Å². The van der Waals surface area contributed by atoms with Crippen LogP contribution in [-0.4, -0.2) is 34.1 Å². The summed E-state index contributed by atoms with van der Waals surface area (Å²) >= 11 is 0. The van der Waals surface area contributed by atoms with Crippen LogP contribution in [0.5, 0.6) is 0 Å². The normalized spacial score (nSPS) is 16.1. The second-order valence-corrected chi connectivity index (χ2v) is 4.18. The van der Waals surface area contributed by atoms with Crippen LogP contribution in [0.2, 0.25) is 0 Å². The summed E-state index contributed by atoms with van der Waals surface area (Å²) in [7, 11) is 0. The summed E-state index contributed by atoms with van der Waals surface area (Å²) < 4.78 is 7.10. The van der Waals surface area contributed by atoms with Gasteiger partial charge in [-0.25, -0.2) is 0 Å². The molecule has 5 nitrogen and oxygen atoms in total. The maximum absolute atomic E-state index is 10.6. The van der Waals surface area contributed by atoms with Crippen LogP contribution in [-0.2, 0) is 16.0 Å². The zero-order chi connectivity index (χ0) is 11.7. The van der Waals surface area contributed by atoms with E-state index in [2.05, 4.69) is 5.10 Å². The van der Waals surface area contributed by atoms with Crippen LogP contribution in [0.1, 0.15) is 29.4 Å². The lowest BCUT2D eigenvalue weighted by Crippen LogP contribution is -2.32. The van der Waals surface area contributed by atoms with E-state index >= 15 is 0 Å². The molecule has 1 aliphatic heterocycles. The van der Waals surface area contributed by atoms with E-state index in [1.807, 2.05) is 18.5 Å². The molecule has 0 bridgehead atoms. The number of hydrogen-bond donors (Lipinski definition) is 1. The van der Waals surface area contributed by atoms with Gasteiger partial charge in [-0.1, -0.05) is 0 Å². The summed E-state index contributed by atoms with van der Waals surface area (Å²) in [5.41, 5.74) is 3.08. The molecule has 1 N–H and O–H groups in total. The van der Waals surface area contributed by atoms with E-state index in [0.717, 1.165) is 17.0 Å². The molecule has 0 atom stereocenters. The van der Waals surface area contributed by atoms with Gasteiger partial charge in [-0.05, 0) is 25.8 Å². The average molecular weight is 224 g/mol. The molecule has 0 amide bonds. The van der Waals surface area contributed by atoms with Crippen molar-refractivity contribution in [1.29, 1.82) is 0 Å². The first-order valence-corrected chi connectivity index (χ1v) is 5.43. The highest BCUT2D eigenvalue weighted by atomic mass is 16.5. The van der Waals surface area contributed by atoms with Crippen LogP contribution < -0.4 is 0 Å². The maximum Gasteiger partial charge on any atom is 0.303 e. The molecule has 2 rings (SSSR count). The highest BCUT2D eigenvalue weighted by Crippen LogP contribution is 2.23. The predicted octanol–water partition coefficient (Wildman–Crippen LogP) is 1.09. The maximum atomic E-state index is 10.6. The Kier molecular flexibility index (Phi) is 2.96. The molecule has 0 aliphatic carbocycles. The fourth-order valence-electron chi connectivity index (χ4n) is 2.01. The third-order valence-electron chi connectivity index (χ3n) is 3.03. The minimum Gasteiger partial charge on any atom is -0.481 e. The molecule has 1 aromatic heterocycles. The fourth-order valence-corrected chi connectivity index (χ4v) is 2.01. The molecule has 1 saturated heterocycles. The average Bonchev–Trinajstić information content (AvgIpc) is 2.37. The number of carboxylic acids is 1. The summed E-state index contributed by atoms with van der Waals surface area (Å²) in [5, 5.41) is 13.1. The van der Waals surface area contributed by atoms with Crippen molar-refractivity contribution in [3.63, 3.8) is 0 Å². The van der Waals surface area contributed by atoms with Crippen molar-refractivity contribution in [3.05, 3.63) is 17.0 Å². The summed E-state index contributed by atoms with van der Waals surface area (Å²) in [4.78, 5) is 10.6. The standard InChI is InChI=1S/C11H16N2O3/c1-7-10(3-4-11(14)15)8(2)13(12-7)9-5-16-6-9/h9H,3-6H2,1-2H3,(H,14,15). The number of carboxylic acid groups (broad SMARTS) is 1. The Morgan fingerprint density at radius 3 is 2.75 bits per heavy atom. The van der Waals surface area contributed by atoms with Gasteiger partial charge in [-0.2, -0.15) is 5.10 Å². The summed E-state index contributed by atoms with van der Waals surface area (Å²) in [6.45, 7) is 5.34. The van der Waals surface area contributed by atoms with Crippen molar-refractivity contribution in [3.8, 4) is 0 Å². The van der Waals surface area contributed by atoms with Crippen molar-refractivity contribution in [2.45, 2.75) is 32.7 Å². The molecule has 1 aliphatic rings. The number of aryl methyl sites for hydroxylation is 1. The van der Waals surface area contributed by atoms with Crippen molar-refractivity contribution in [2.24, 2.45) is 0 Å². The van der Waals surface area contributed by atoms with E-state index in [4.69, 9.17) is 9.84 Å². The minimum absolute atomic E-state index is 0.161. The lowest BCUT2D eigenvalue weighted by atomic mass is 10.1. The monoisotopic (exact) mass is 224 g/mol. The van der Waals surface area contributed by atoms with E-state index in [-0.39, 0.29) is 6.42 Å². The summed E-state index contributed by atoms with van der Waals surface area (Å²) in [6, 6.07) is 0.331. The largest absolute Gasteiger partial charge is 0.481 e. The van der Waals surface area contributed by atoms with E-state index in [0.29, 0.717) is 25.7 Å². The molecule has 0 unspecified atom stereocenters. The van der Waals surface area contributed by atoms with Crippen molar-refractivity contribution < 1.29 is 14.6 Å². The molecule has 1 aromatic rings. The lowest BCUT2D eigenvalue weighted by molar-refractivity contribution is -0.136. The number of nitrogens with zero attached hydrogens (tertiary/aromatic N) is 2. The van der Waals surface area contributed by atoms with Crippen molar-refractivity contribution >= 4 is 5.97 Å². The van der Waals surface area contributed by atoms with Crippen molar-refractivity contribution in [2.75, 3.05) is 13.2 Å². The van der Waals surface area contributed by atoms with Gasteiger partial charge in [-0.15, -0.1) is 0 Å². The number of hydrogen-bond acceptors (Lipinski definition) is 3. The first-order valence-electron chi connectivity index (χ1n) is 5.43. The molecule has 0 radical (unpaired) electrons. The Morgan fingerprint density at radius 1 is 1.56 bits per heavy atom. The van der Waals surface area contributed by atoms with E-state index in [1.54, 1.807) is 0 Å². The molecule has 1 fully saturated rings. The van der Waals surface area contributed by atoms with Crippen molar-refractivity contribution in [1.82, 2.24) is 9.78 Å². The molecule has 5 heteroatoms. The lowest BCUT2D eigenvalue weighted by Gasteiger charge is -2.27. The van der Waals surface area contributed by atoms with Gasteiger partial charge < -0.3 is 9.84 Å². The molecular formula is C11H16N2O3. The molecule has 0 aromatic carbocycles. The minimum atomic E-state index is -0.765. The number of rotatable bonds is 4. The molecule has 0 spiro atoms. The third kappa shape index (κ3) is 1.95. The van der Waals surface area contributed by atoms with E-state index in [1.165, 1.54) is 0 Å². The Balaban J connectivity index is 2.17. The van der Waals surface area contributed by atoms with Gasteiger partial charge in [0.2, 0.25) is 0 Å². The number of carbonyl (C=O) groups is 1. The molecule has 16 heavy (non-hydrogen) atoms. The summed E-state index contributed by atoms with van der Waals surface area (Å²) in [6.07, 6.45) is 0.717.